The molecule has 9 heteroatoms. The first kappa shape index (κ1) is 17.9. The van der Waals surface area contributed by atoms with Gasteiger partial charge in [0.25, 0.3) is 0 Å². The second-order valence-electron chi connectivity index (χ2n) is 7.08. The van der Waals surface area contributed by atoms with Crippen LogP contribution in [0.3, 0.4) is 0 Å². The van der Waals surface area contributed by atoms with Crippen molar-refractivity contribution in [1.82, 2.24) is 19.9 Å². The minimum atomic E-state index is -4.46. The molecule has 1 saturated heterocycles. The minimum Gasteiger partial charge on any atom is -0.355 e. The number of nitrogens with zero attached hydrogens (tertiary/aromatic N) is 6. The van der Waals surface area contributed by atoms with E-state index in [1.54, 1.807) is 12.4 Å². The van der Waals surface area contributed by atoms with E-state index in [4.69, 9.17) is 0 Å². The van der Waals surface area contributed by atoms with Gasteiger partial charge in [-0.3, -0.25) is 4.98 Å². The zero-order valence-electron chi connectivity index (χ0n) is 15.0. The summed E-state index contributed by atoms with van der Waals surface area (Å²) in [4.78, 5) is 20.5. The van der Waals surface area contributed by atoms with Gasteiger partial charge in [0.15, 0.2) is 0 Å². The van der Waals surface area contributed by atoms with Crippen molar-refractivity contribution in [3.8, 4) is 0 Å². The number of hydrogen-bond donors (Lipinski definition) is 0. The maximum absolute atomic E-state index is 13.0. The Labute approximate surface area is 155 Å². The zero-order chi connectivity index (χ0) is 19.0. The first-order valence-electron chi connectivity index (χ1n) is 9.13. The largest absolute Gasteiger partial charge is 0.433 e. The second-order valence-corrected chi connectivity index (χ2v) is 7.08. The maximum Gasteiger partial charge on any atom is 0.433 e. The van der Waals surface area contributed by atoms with E-state index in [0.717, 1.165) is 62.7 Å². The highest BCUT2D eigenvalue weighted by molar-refractivity contribution is 5.46. The van der Waals surface area contributed by atoms with Crippen LogP contribution in [0.5, 0.6) is 0 Å². The van der Waals surface area contributed by atoms with Crippen LogP contribution in [0.15, 0.2) is 24.8 Å². The summed E-state index contributed by atoms with van der Waals surface area (Å²) in [6, 6.07) is 1.52. The molecule has 0 aromatic carbocycles. The van der Waals surface area contributed by atoms with Gasteiger partial charge < -0.3 is 9.80 Å². The molecule has 4 rings (SSSR count). The smallest absolute Gasteiger partial charge is 0.355 e. The van der Waals surface area contributed by atoms with Gasteiger partial charge in [-0.25, -0.2) is 15.0 Å². The van der Waals surface area contributed by atoms with Crippen LogP contribution in [0.1, 0.15) is 37.1 Å². The van der Waals surface area contributed by atoms with Crippen LogP contribution in [0.2, 0.25) is 0 Å². The fourth-order valence-corrected chi connectivity index (χ4v) is 3.73. The Kier molecular flexibility index (Phi) is 4.61. The van der Waals surface area contributed by atoms with Gasteiger partial charge in [0.2, 0.25) is 0 Å². The number of rotatable bonds is 4. The quantitative estimate of drug-likeness (QED) is 0.814. The molecule has 2 aromatic heterocycles. The van der Waals surface area contributed by atoms with Gasteiger partial charge in [0.05, 0.1) is 5.69 Å². The Balaban J connectivity index is 1.51. The summed E-state index contributed by atoms with van der Waals surface area (Å²) in [5, 5.41) is 0. The van der Waals surface area contributed by atoms with Crippen molar-refractivity contribution in [3.63, 3.8) is 0 Å². The molecule has 0 N–H and O–H groups in total. The fourth-order valence-electron chi connectivity index (χ4n) is 3.73. The SMILES string of the molecule is Cc1nccnc1N1CCC(N(c2cc(C(F)(F)F)ncn2)C2CC2)CC1. The van der Waals surface area contributed by atoms with Crippen molar-refractivity contribution in [1.29, 1.82) is 0 Å². The van der Waals surface area contributed by atoms with Crippen molar-refractivity contribution in [2.75, 3.05) is 22.9 Å². The van der Waals surface area contributed by atoms with Crippen molar-refractivity contribution in [2.24, 2.45) is 0 Å². The van der Waals surface area contributed by atoms with E-state index in [1.165, 1.54) is 0 Å². The number of aryl methyl sites for hydroxylation is 1. The molecule has 0 radical (unpaired) electrons. The van der Waals surface area contributed by atoms with Crippen molar-refractivity contribution in [2.45, 2.75) is 50.9 Å². The summed E-state index contributed by atoms with van der Waals surface area (Å²) >= 11 is 0. The molecule has 0 amide bonds. The molecule has 1 aliphatic heterocycles. The topological polar surface area (TPSA) is 58.0 Å². The average Bonchev–Trinajstić information content (AvgIpc) is 3.48. The summed E-state index contributed by atoms with van der Waals surface area (Å²) in [7, 11) is 0. The third kappa shape index (κ3) is 3.81. The van der Waals surface area contributed by atoms with Crippen LogP contribution in [0, 0.1) is 6.92 Å². The number of halogens is 3. The van der Waals surface area contributed by atoms with Gasteiger partial charge >= 0.3 is 6.18 Å². The van der Waals surface area contributed by atoms with E-state index in [0.29, 0.717) is 5.82 Å². The highest BCUT2D eigenvalue weighted by atomic mass is 19.4. The Morgan fingerprint density at radius 3 is 2.26 bits per heavy atom. The van der Waals surface area contributed by atoms with Gasteiger partial charge in [0.1, 0.15) is 23.7 Å². The predicted molar refractivity (Wildman–Crippen MR) is 94.5 cm³/mol. The Morgan fingerprint density at radius 2 is 1.63 bits per heavy atom. The Morgan fingerprint density at radius 1 is 0.963 bits per heavy atom. The number of aromatic nitrogens is 4. The minimum absolute atomic E-state index is 0.168. The molecular formula is C18H21F3N6. The summed E-state index contributed by atoms with van der Waals surface area (Å²) < 4.78 is 39.1. The van der Waals surface area contributed by atoms with Crippen LogP contribution >= 0.6 is 0 Å². The fraction of sp³-hybridized carbons (Fsp3) is 0.556. The lowest BCUT2D eigenvalue weighted by molar-refractivity contribution is -0.141. The molecule has 0 spiro atoms. The van der Waals surface area contributed by atoms with E-state index >= 15 is 0 Å². The predicted octanol–water partition coefficient (Wildman–Crippen LogP) is 3.23. The standard InChI is InChI=1S/C18H21F3N6/c1-12-17(23-7-6-22-12)26-8-4-14(5-9-26)27(13-2-3-13)16-10-15(18(19,20)21)24-11-25-16/h6-7,10-11,13-14H,2-5,8-9H2,1H3. The average molecular weight is 378 g/mol. The normalized spacial score (nSPS) is 18.6. The summed E-state index contributed by atoms with van der Waals surface area (Å²) in [6.45, 7) is 3.53. The van der Waals surface area contributed by atoms with Crippen LogP contribution in [-0.2, 0) is 6.18 Å². The van der Waals surface area contributed by atoms with E-state index in [1.807, 2.05) is 6.92 Å². The van der Waals surface area contributed by atoms with Gasteiger partial charge in [-0.05, 0) is 32.6 Å². The monoisotopic (exact) mass is 378 g/mol. The van der Waals surface area contributed by atoms with Gasteiger partial charge in [-0.1, -0.05) is 0 Å². The number of alkyl halides is 3. The summed E-state index contributed by atoms with van der Waals surface area (Å²) in [6.07, 6.45) is 3.60. The molecule has 1 saturated carbocycles. The van der Waals surface area contributed by atoms with E-state index in [2.05, 4.69) is 29.7 Å². The van der Waals surface area contributed by atoms with Crippen molar-refractivity contribution >= 4 is 11.6 Å². The lowest BCUT2D eigenvalue weighted by Gasteiger charge is -2.40. The van der Waals surface area contributed by atoms with E-state index < -0.39 is 11.9 Å². The molecule has 3 heterocycles. The zero-order valence-corrected chi connectivity index (χ0v) is 15.0. The van der Waals surface area contributed by atoms with E-state index in [-0.39, 0.29) is 12.1 Å². The molecule has 27 heavy (non-hydrogen) atoms. The highest BCUT2D eigenvalue weighted by Gasteiger charge is 2.39. The third-order valence-electron chi connectivity index (χ3n) is 5.16. The van der Waals surface area contributed by atoms with Crippen LogP contribution in [0.4, 0.5) is 24.8 Å². The highest BCUT2D eigenvalue weighted by Crippen LogP contribution is 2.37. The van der Waals surface area contributed by atoms with Crippen LogP contribution in [-0.4, -0.2) is 45.1 Å². The van der Waals surface area contributed by atoms with Crippen LogP contribution in [0.25, 0.3) is 0 Å². The number of hydrogen-bond acceptors (Lipinski definition) is 6. The molecular weight excluding hydrogens is 357 g/mol. The molecule has 2 aromatic rings. The molecule has 144 valence electrons. The van der Waals surface area contributed by atoms with E-state index in [9.17, 15) is 13.2 Å². The van der Waals surface area contributed by atoms with Crippen molar-refractivity contribution in [3.05, 3.63) is 36.2 Å². The summed E-state index contributed by atoms with van der Waals surface area (Å²) in [5.41, 5.74) is 0.00592. The Hall–Kier alpha value is -2.45. The maximum atomic E-state index is 13.0. The number of piperidine rings is 1. The third-order valence-corrected chi connectivity index (χ3v) is 5.16. The lowest BCUT2D eigenvalue weighted by atomic mass is 10.0. The van der Waals surface area contributed by atoms with Crippen LogP contribution < -0.4 is 9.80 Å². The van der Waals surface area contributed by atoms with Gasteiger partial charge in [0, 0.05) is 43.6 Å². The van der Waals surface area contributed by atoms with Crippen molar-refractivity contribution < 1.29 is 13.2 Å². The molecule has 2 fully saturated rings. The Bertz CT molecular complexity index is 800. The molecule has 0 atom stereocenters. The number of anilines is 2. The van der Waals surface area contributed by atoms with Gasteiger partial charge in [-0.15, -0.1) is 0 Å². The lowest BCUT2D eigenvalue weighted by Crippen LogP contribution is -2.47. The molecule has 1 aliphatic carbocycles. The molecule has 0 bridgehead atoms. The second kappa shape index (κ2) is 6.94. The molecule has 2 aliphatic rings. The first-order chi connectivity index (χ1) is 12.9. The molecule has 6 nitrogen and oxygen atoms in total. The molecule has 0 unspecified atom stereocenters. The van der Waals surface area contributed by atoms with Gasteiger partial charge in [-0.2, -0.15) is 13.2 Å². The summed E-state index contributed by atoms with van der Waals surface area (Å²) in [5.74, 6) is 1.27. The first-order valence-corrected chi connectivity index (χ1v) is 9.13.